The highest BCUT2D eigenvalue weighted by Gasteiger charge is 2.78. The molecule has 65 heavy (non-hydrogen) atoms. The minimum Gasteiger partial charge on any atom is -0.456 e. The predicted molar refractivity (Wildman–Crippen MR) is 232 cm³/mol. The first kappa shape index (κ1) is 47.2. The lowest BCUT2D eigenvalue weighted by atomic mass is 9.44. The Labute approximate surface area is 377 Å². The van der Waals surface area contributed by atoms with Gasteiger partial charge in [0, 0.05) is 37.7 Å². The van der Waals surface area contributed by atoms with Gasteiger partial charge in [-0.15, -0.1) is 0 Å². The Morgan fingerprint density at radius 1 is 0.815 bits per heavy atom. The molecule has 4 aliphatic rings. The highest BCUT2D eigenvalue weighted by atomic mass is 16.6. The number of ether oxygens (including phenoxy) is 6. The van der Waals surface area contributed by atoms with Gasteiger partial charge in [0.05, 0.1) is 41.8 Å². The zero-order valence-corrected chi connectivity index (χ0v) is 37.8. The fourth-order valence-electron chi connectivity index (χ4n) is 10.6. The van der Waals surface area contributed by atoms with Crippen LogP contribution in [0.1, 0.15) is 101 Å². The van der Waals surface area contributed by atoms with Crippen LogP contribution in [0.25, 0.3) is 0 Å². The summed E-state index contributed by atoms with van der Waals surface area (Å²) in [6.45, 7) is 11.6. The Morgan fingerprint density at radius 2 is 1.40 bits per heavy atom. The van der Waals surface area contributed by atoms with Crippen molar-refractivity contribution in [1.82, 2.24) is 5.32 Å². The van der Waals surface area contributed by atoms with Crippen molar-refractivity contribution in [3.05, 3.63) is 119 Å². The van der Waals surface area contributed by atoms with Crippen molar-refractivity contribution in [2.75, 3.05) is 6.61 Å². The van der Waals surface area contributed by atoms with Gasteiger partial charge in [-0.05, 0) is 68.7 Å². The van der Waals surface area contributed by atoms with Crippen LogP contribution >= 0.6 is 0 Å². The molecule has 11 atom stereocenters. The smallest absolute Gasteiger partial charge is 0.338 e. The number of aliphatic hydroxyl groups is 2. The molecule has 346 valence electrons. The molecule has 7 rings (SSSR count). The number of esters is 4. The average molecular weight is 896 g/mol. The lowest BCUT2D eigenvalue weighted by Gasteiger charge is -2.67. The van der Waals surface area contributed by atoms with Gasteiger partial charge in [-0.3, -0.25) is 19.2 Å². The molecule has 3 fully saturated rings. The molecule has 1 heterocycles. The zero-order valence-electron chi connectivity index (χ0n) is 37.8. The third-order valence-corrected chi connectivity index (χ3v) is 13.9. The molecular weight excluding hydrogens is 839 g/mol. The van der Waals surface area contributed by atoms with Crippen LogP contribution in [0.4, 0.5) is 0 Å². The number of amides is 1. The van der Waals surface area contributed by atoms with Gasteiger partial charge in [0.2, 0.25) is 0 Å². The van der Waals surface area contributed by atoms with Crippen LogP contribution in [-0.4, -0.2) is 106 Å². The third-order valence-electron chi connectivity index (χ3n) is 13.9. The maximum absolute atomic E-state index is 15.6. The largest absolute Gasteiger partial charge is 0.456 e. The number of fused-ring (bicyclic) bond motifs is 5. The number of ketones is 1. The third kappa shape index (κ3) is 8.28. The van der Waals surface area contributed by atoms with Crippen molar-refractivity contribution in [2.45, 2.75) is 128 Å². The van der Waals surface area contributed by atoms with Crippen LogP contribution in [0.15, 0.2) is 102 Å². The molecule has 2 bridgehead atoms. The Kier molecular flexibility index (Phi) is 13.0. The van der Waals surface area contributed by atoms with Gasteiger partial charge in [0.1, 0.15) is 23.9 Å². The van der Waals surface area contributed by atoms with E-state index in [4.69, 9.17) is 28.4 Å². The Bertz CT molecular complexity index is 2350. The normalized spacial score (nSPS) is 31.0. The minimum absolute atomic E-state index is 0.0451. The van der Waals surface area contributed by atoms with Crippen molar-refractivity contribution in [2.24, 2.45) is 16.7 Å². The number of benzene rings is 3. The fraction of sp³-hybridized carbons (Fsp3) is 0.480. The quantitative estimate of drug-likeness (QED) is 0.122. The summed E-state index contributed by atoms with van der Waals surface area (Å²) in [5, 5.41) is 28.9. The average Bonchev–Trinajstić information content (AvgIpc) is 3.26. The summed E-state index contributed by atoms with van der Waals surface area (Å²) in [7, 11) is 0. The monoisotopic (exact) mass is 895 g/mol. The number of carbonyl (C=O) groups is 6. The van der Waals surface area contributed by atoms with E-state index in [9.17, 15) is 34.2 Å². The van der Waals surface area contributed by atoms with E-state index in [1.54, 1.807) is 113 Å². The lowest BCUT2D eigenvalue weighted by molar-refractivity contribution is -0.346. The number of hydrogen-bond acceptors (Lipinski definition) is 14. The van der Waals surface area contributed by atoms with Crippen molar-refractivity contribution in [1.29, 1.82) is 0 Å². The van der Waals surface area contributed by atoms with Gasteiger partial charge >= 0.3 is 23.9 Å². The highest BCUT2D eigenvalue weighted by molar-refractivity contribution is 5.96. The second-order valence-corrected chi connectivity index (χ2v) is 18.5. The zero-order chi connectivity index (χ0) is 47.2. The Balaban J connectivity index is 1.42. The first-order valence-electron chi connectivity index (χ1n) is 21.8. The van der Waals surface area contributed by atoms with E-state index in [0.717, 1.165) is 6.92 Å². The second kappa shape index (κ2) is 17.9. The van der Waals surface area contributed by atoms with Crippen LogP contribution in [-0.2, 0) is 47.6 Å². The number of rotatable bonds is 12. The molecule has 2 saturated carbocycles. The van der Waals surface area contributed by atoms with E-state index in [0.29, 0.717) is 11.1 Å². The summed E-state index contributed by atoms with van der Waals surface area (Å²) in [6.07, 6.45) is -10.3. The molecule has 15 heteroatoms. The Morgan fingerprint density at radius 3 is 1.94 bits per heavy atom. The minimum atomic E-state index is -2.36. The van der Waals surface area contributed by atoms with Crippen molar-refractivity contribution >= 4 is 35.6 Å². The summed E-state index contributed by atoms with van der Waals surface area (Å²) in [5.41, 5.74) is -6.59. The van der Waals surface area contributed by atoms with Gasteiger partial charge < -0.3 is 44.0 Å². The number of Topliss-reactive ketones (excluding diaryl/α,β-unsaturated/α-hetero) is 1. The topological polar surface area (TPSA) is 210 Å². The highest BCUT2D eigenvalue weighted by Crippen LogP contribution is 2.64. The SMILES string of the molecule is CC(=O)O[C@H]1C(=O)[C@@]2(C)[C@H](C(OC(=O)c3ccccc3)[C@]3(O)C[C@H](OC(=O)[C@H](OC(C)C)[C@@H](NC(=O)c4ccccc4)c4ccccc4)C(C)=C1C3(C)C)[C@]1(OC(C)=O)CO[C@@H]1C[C@@H]2O. The number of nitrogens with one attached hydrogen (secondary N) is 1. The summed E-state index contributed by atoms with van der Waals surface area (Å²) in [6, 6.07) is 24.0. The van der Waals surface area contributed by atoms with Crippen LogP contribution in [0.2, 0.25) is 0 Å². The maximum Gasteiger partial charge on any atom is 0.338 e. The molecule has 3 aromatic rings. The first-order valence-corrected chi connectivity index (χ1v) is 21.8. The number of carbonyl (C=O) groups excluding carboxylic acids is 6. The molecule has 0 spiro atoms. The molecule has 0 radical (unpaired) electrons. The summed E-state index contributed by atoms with van der Waals surface area (Å²) in [4.78, 5) is 84.9. The Hall–Kier alpha value is -5.74. The van der Waals surface area contributed by atoms with Crippen LogP contribution in [0.5, 0.6) is 0 Å². The van der Waals surface area contributed by atoms with Crippen molar-refractivity contribution in [3.8, 4) is 0 Å². The van der Waals surface area contributed by atoms with Crippen LogP contribution in [0, 0.1) is 16.7 Å². The van der Waals surface area contributed by atoms with E-state index in [1.165, 1.54) is 26.0 Å². The van der Waals surface area contributed by atoms with E-state index in [-0.39, 0.29) is 29.7 Å². The predicted octanol–water partition coefficient (Wildman–Crippen LogP) is 5.17. The van der Waals surface area contributed by atoms with Crippen LogP contribution < -0.4 is 5.32 Å². The standard InChI is InChI=1S/C50H57NO14/c1-27(2)61-40(38(31-18-12-9-13-19-31)51-44(56)32-20-14-10-15-21-32)46(58)63-34-25-50(59)43(64-45(57)33-22-16-11-17-23-33)41-48(8,35(54)24-36-49(41,26-60-36)65-30(5)53)42(55)39(62-29(4)52)37(28(34)3)47(50,6)7/h9-23,27,34-36,38-41,43,54,59H,24-26H2,1-8H3,(H,51,56)/t34-,35-,36+,38-,39+,40+,41-,43?,48+,49-,50+/m0/s1. The molecule has 1 unspecified atom stereocenters. The molecule has 1 saturated heterocycles. The van der Waals surface area contributed by atoms with E-state index < -0.39 is 119 Å². The van der Waals surface area contributed by atoms with Crippen LogP contribution in [0.3, 0.4) is 0 Å². The molecule has 1 aliphatic heterocycles. The molecule has 15 nitrogen and oxygen atoms in total. The lowest BCUT2D eigenvalue weighted by Crippen LogP contribution is -2.82. The summed E-state index contributed by atoms with van der Waals surface area (Å²) in [5.74, 6) is -6.36. The van der Waals surface area contributed by atoms with E-state index in [1.807, 2.05) is 0 Å². The van der Waals surface area contributed by atoms with Crippen molar-refractivity contribution in [3.63, 3.8) is 0 Å². The summed E-state index contributed by atoms with van der Waals surface area (Å²) < 4.78 is 37.1. The molecule has 3 aliphatic carbocycles. The fourth-order valence-corrected chi connectivity index (χ4v) is 10.6. The molecular formula is C50H57NO14. The molecule has 0 aromatic heterocycles. The number of hydrogen-bond donors (Lipinski definition) is 3. The summed E-state index contributed by atoms with van der Waals surface area (Å²) >= 11 is 0. The maximum atomic E-state index is 15.6. The number of aliphatic hydroxyl groups excluding tert-OH is 1. The molecule has 1 amide bonds. The van der Waals surface area contributed by atoms with Gasteiger partial charge in [0.15, 0.2) is 23.6 Å². The van der Waals surface area contributed by atoms with E-state index in [2.05, 4.69) is 5.32 Å². The van der Waals surface area contributed by atoms with E-state index >= 15 is 4.79 Å². The van der Waals surface area contributed by atoms with Gasteiger partial charge in [-0.1, -0.05) is 80.6 Å². The second-order valence-electron chi connectivity index (χ2n) is 18.5. The van der Waals surface area contributed by atoms with Crippen molar-refractivity contribution < 1.29 is 67.4 Å². The van der Waals surface area contributed by atoms with Gasteiger partial charge in [-0.25, -0.2) is 9.59 Å². The molecule has 3 N–H and O–H groups in total. The van der Waals surface area contributed by atoms with Gasteiger partial charge in [0.25, 0.3) is 5.91 Å². The molecule has 3 aromatic carbocycles. The van der Waals surface area contributed by atoms with Gasteiger partial charge in [-0.2, -0.15) is 0 Å². The first-order chi connectivity index (χ1) is 30.7.